The molecule has 0 amide bonds. The summed E-state index contributed by atoms with van der Waals surface area (Å²) < 4.78 is 0. The Morgan fingerprint density at radius 3 is 1.83 bits per heavy atom. The van der Waals surface area contributed by atoms with Crippen LogP contribution in [0.25, 0.3) is 0 Å². The van der Waals surface area contributed by atoms with Gasteiger partial charge in [0, 0.05) is 11.1 Å². The summed E-state index contributed by atoms with van der Waals surface area (Å²) in [4.78, 5) is 22.4. The Bertz CT molecular complexity index is 538. The average molecular weight is 238 g/mol. The van der Waals surface area contributed by atoms with Crippen molar-refractivity contribution < 1.29 is 9.59 Å². The van der Waals surface area contributed by atoms with Crippen molar-refractivity contribution in [3.63, 3.8) is 0 Å². The van der Waals surface area contributed by atoms with E-state index in [0.717, 1.165) is 0 Å². The number of carbonyl (C=O) groups excluding carboxylic acids is 2. The largest absolute Gasteiger partial charge is 0.289 e. The first-order chi connectivity index (χ1) is 8.68. The first-order valence-corrected chi connectivity index (χ1v) is 5.86. The van der Waals surface area contributed by atoms with Crippen LogP contribution in [0.2, 0.25) is 0 Å². The molecule has 90 valence electrons. The fourth-order valence-corrected chi connectivity index (χ4v) is 1.80. The second-order valence-electron chi connectivity index (χ2n) is 4.25. The topological polar surface area (TPSA) is 34.1 Å². The smallest absolute Gasteiger partial charge is 0.186 e. The number of rotatable bonds is 0. The van der Waals surface area contributed by atoms with Crippen LogP contribution in [0.15, 0.2) is 60.2 Å². The number of benzene rings is 1. The molecule has 2 aliphatic carbocycles. The van der Waals surface area contributed by atoms with Crippen LogP contribution in [-0.2, 0) is 0 Å². The third-order valence-electron chi connectivity index (χ3n) is 2.80. The van der Waals surface area contributed by atoms with Gasteiger partial charge in [-0.15, -0.1) is 0 Å². The quantitative estimate of drug-likeness (QED) is 0.693. The maximum atomic E-state index is 11.2. The van der Waals surface area contributed by atoms with Crippen LogP contribution >= 0.6 is 0 Å². The van der Waals surface area contributed by atoms with E-state index in [2.05, 4.69) is 25.2 Å². The molecule has 0 fully saturated rings. The van der Waals surface area contributed by atoms with Crippen LogP contribution in [0.1, 0.15) is 34.1 Å². The van der Waals surface area contributed by atoms with Gasteiger partial charge < -0.3 is 0 Å². The summed E-state index contributed by atoms with van der Waals surface area (Å²) in [7, 11) is 0. The average Bonchev–Trinajstić information content (AvgIpc) is 2.86. The number of hydrogen-bond donors (Lipinski definition) is 0. The van der Waals surface area contributed by atoms with E-state index in [4.69, 9.17) is 0 Å². The van der Waals surface area contributed by atoms with Gasteiger partial charge in [-0.3, -0.25) is 9.59 Å². The van der Waals surface area contributed by atoms with Crippen LogP contribution < -0.4 is 0 Å². The predicted octanol–water partition coefficient (Wildman–Crippen LogP) is 3.51. The van der Waals surface area contributed by atoms with E-state index in [9.17, 15) is 9.59 Å². The van der Waals surface area contributed by atoms with Crippen molar-refractivity contribution in [2.24, 2.45) is 0 Å². The van der Waals surface area contributed by atoms with E-state index in [1.54, 1.807) is 24.3 Å². The first kappa shape index (κ1) is 12.2. The lowest BCUT2D eigenvalue weighted by Gasteiger charge is -2.06. The lowest BCUT2D eigenvalue weighted by molar-refractivity contribution is 0.0994. The second-order valence-corrected chi connectivity index (χ2v) is 4.25. The molecule has 0 N–H and O–H groups in total. The molecule has 0 aromatic heterocycles. The number of hydrogen-bond acceptors (Lipinski definition) is 2. The zero-order valence-corrected chi connectivity index (χ0v) is 10.2. The Labute approximate surface area is 106 Å². The van der Waals surface area contributed by atoms with Crippen molar-refractivity contribution in [3.8, 4) is 0 Å². The highest BCUT2D eigenvalue weighted by Gasteiger charge is 2.16. The molecule has 0 bridgehead atoms. The SMILES string of the molecule is CC1=CC=CC1.O=C1C=CC(=O)c2ccccc21. The number of allylic oxidation sites excluding steroid dienone is 6. The standard InChI is InChI=1S/C10H6O2.C6H8/c11-9-5-6-10(12)8-4-2-1-3-7(8)9;1-6-4-2-3-5-6/h1-6H;2-4H,5H2,1H3. The highest BCUT2D eigenvalue weighted by atomic mass is 16.1. The Morgan fingerprint density at radius 2 is 1.50 bits per heavy atom. The van der Waals surface area contributed by atoms with Crippen LogP contribution in [0.3, 0.4) is 0 Å². The lowest BCUT2D eigenvalue weighted by Crippen LogP contribution is -2.10. The van der Waals surface area contributed by atoms with E-state index in [1.165, 1.54) is 24.1 Å². The molecule has 0 unspecified atom stereocenters. The molecule has 2 aliphatic rings. The van der Waals surface area contributed by atoms with Crippen LogP contribution in [0, 0.1) is 0 Å². The van der Waals surface area contributed by atoms with Crippen molar-refractivity contribution in [2.45, 2.75) is 13.3 Å². The van der Waals surface area contributed by atoms with Gasteiger partial charge in [0.05, 0.1) is 0 Å². The molecule has 0 heterocycles. The van der Waals surface area contributed by atoms with Crippen molar-refractivity contribution >= 4 is 11.6 Å². The van der Waals surface area contributed by atoms with Gasteiger partial charge in [-0.25, -0.2) is 0 Å². The molecule has 1 aromatic rings. The zero-order chi connectivity index (χ0) is 13.0. The Morgan fingerprint density at radius 1 is 0.944 bits per heavy atom. The summed E-state index contributed by atoms with van der Waals surface area (Å²) in [6.45, 7) is 2.14. The molecule has 0 radical (unpaired) electrons. The summed E-state index contributed by atoms with van der Waals surface area (Å²) in [6, 6.07) is 6.84. The molecule has 18 heavy (non-hydrogen) atoms. The summed E-state index contributed by atoms with van der Waals surface area (Å²) in [6.07, 6.45) is 10.2. The van der Waals surface area contributed by atoms with Gasteiger partial charge in [0.15, 0.2) is 11.6 Å². The Hall–Kier alpha value is -2.22. The highest BCUT2D eigenvalue weighted by Crippen LogP contribution is 2.15. The van der Waals surface area contributed by atoms with Gasteiger partial charge >= 0.3 is 0 Å². The molecule has 0 spiro atoms. The summed E-state index contributed by atoms with van der Waals surface area (Å²) in [5.41, 5.74) is 2.48. The third-order valence-corrected chi connectivity index (χ3v) is 2.80. The minimum Gasteiger partial charge on any atom is -0.289 e. The van der Waals surface area contributed by atoms with E-state index in [1.807, 2.05) is 0 Å². The predicted molar refractivity (Wildman–Crippen MR) is 71.8 cm³/mol. The van der Waals surface area contributed by atoms with Crippen LogP contribution in [-0.4, -0.2) is 11.6 Å². The number of fused-ring (bicyclic) bond motifs is 1. The van der Waals surface area contributed by atoms with Crippen molar-refractivity contribution in [1.82, 2.24) is 0 Å². The Balaban J connectivity index is 0.000000169. The van der Waals surface area contributed by atoms with E-state index >= 15 is 0 Å². The minimum absolute atomic E-state index is 0.0924. The molecule has 0 aliphatic heterocycles. The van der Waals surface area contributed by atoms with E-state index in [0.29, 0.717) is 11.1 Å². The van der Waals surface area contributed by atoms with Crippen LogP contribution in [0.4, 0.5) is 0 Å². The maximum Gasteiger partial charge on any atom is 0.186 e. The highest BCUT2D eigenvalue weighted by molar-refractivity contribution is 6.21. The molecule has 1 aromatic carbocycles. The lowest BCUT2D eigenvalue weighted by atomic mass is 9.95. The summed E-state index contributed by atoms with van der Waals surface area (Å²) in [5.74, 6) is -0.185. The molecule has 3 rings (SSSR count). The first-order valence-electron chi connectivity index (χ1n) is 5.86. The number of carbonyl (C=O) groups is 2. The van der Waals surface area contributed by atoms with Gasteiger partial charge in [-0.05, 0) is 25.5 Å². The Kier molecular flexibility index (Phi) is 3.68. The minimum atomic E-state index is -0.0924. The van der Waals surface area contributed by atoms with Crippen molar-refractivity contribution in [2.75, 3.05) is 0 Å². The number of ketones is 2. The van der Waals surface area contributed by atoms with E-state index in [-0.39, 0.29) is 11.6 Å². The monoisotopic (exact) mass is 238 g/mol. The maximum absolute atomic E-state index is 11.2. The molecule has 2 nitrogen and oxygen atoms in total. The zero-order valence-electron chi connectivity index (χ0n) is 10.2. The van der Waals surface area contributed by atoms with Crippen molar-refractivity contribution in [1.29, 1.82) is 0 Å². The van der Waals surface area contributed by atoms with Crippen molar-refractivity contribution in [3.05, 3.63) is 71.3 Å². The van der Waals surface area contributed by atoms with Gasteiger partial charge in [0.2, 0.25) is 0 Å². The molecule has 0 saturated carbocycles. The molecule has 0 atom stereocenters. The van der Waals surface area contributed by atoms with Gasteiger partial charge in [-0.2, -0.15) is 0 Å². The fraction of sp³-hybridized carbons (Fsp3) is 0.125. The third kappa shape index (κ3) is 2.72. The second kappa shape index (κ2) is 5.41. The molecular weight excluding hydrogens is 224 g/mol. The molecule has 0 saturated heterocycles. The van der Waals surface area contributed by atoms with Gasteiger partial charge in [-0.1, -0.05) is 48.1 Å². The molecule has 2 heteroatoms. The fourth-order valence-electron chi connectivity index (χ4n) is 1.80. The normalized spacial score (nSPS) is 15.9. The van der Waals surface area contributed by atoms with Gasteiger partial charge in [0.25, 0.3) is 0 Å². The van der Waals surface area contributed by atoms with Crippen LogP contribution in [0.5, 0.6) is 0 Å². The van der Waals surface area contributed by atoms with E-state index < -0.39 is 0 Å². The van der Waals surface area contributed by atoms with Gasteiger partial charge in [0.1, 0.15) is 0 Å². The summed E-state index contributed by atoms with van der Waals surface area (Å²) in [5, 5.41) is 0. The summed E-state index contributed by atoms with van der Waals surface area (Å²) >= 11 is 0. The molecular formula is C16H14O2.